The fourth-order valence-electron chi connectivity index (χ4n) is 4.13. The predicted molar refractivity (Wildman–Crippen MR) is 146 cm³/mol. The molecule has 11 heteroatoms. The van der Waals surface area contributed by atoms with E-state index in [4.69, 9.17) is 11.6 Å². The van der Waals surface area contributed by atoms with Crippen molar-refractivity contribution in [2.24, 2.45) is 0 Å². The van der Waals surface area contributed by atoms with Crippen LogP contribution in [-0.2, 0) is 26.6 Å². The maximum Gasteiger partial charge on any atom is 0.255 e. The number of halogens is 1. The molecule has 37 heavy (non-hydrogen) atoms. The van der Waals surface area contributed by atoms with Crippen LogP contribution in [0.5, 0.6) is 0 Å². The second-order valence-electron chi connectivity index (χ2n) is 8.89. The average Bonchev–Trinajstić information content (AvgIpc) is 2.88. The number of piperidine rings is 1. The van der Waals surface area contributed by atoms with Gasteiger partial charge >= 0.3 is 0 Å². The van der Waals surface area contributed by atoms with Gasteiger partial charge in [0.15, 0.2) is 0 Å². The van der Waals surface area contributed by atoms with E-state index in [-0.39, 0.29) is 17.3 Å². The van der Waals surface area contributed by atoms with E-state index < -0.39 is 20.0 Å². The number of benzene rings is 3. The van der Waals surface area contributed by atoms with Gasteiger partial charge in [0.25, 0.3) is 5.91 Å². The van der Waals surface area contributed by atoms with E-state index in [9.17, 15) is 21.6 Å². The van der Waals surface area contributed by atoms with E-state index in [2.05, 4.69) is 5.32 Å². The summed E-state index contributed by atoms with van der Waals surface area (Å²) in [4.78, 5) is 12.9. The van der Waals surface area contributed by atoms with Gasteiger partial charge in [0, 0.05) is 29.4 Å². The van der Waals surface area contributed by atoms with Crippen molar-refractivity contribution in [3.63, 3.8) is 0 Å². The summed E-state index contributed by atoms with van der Waals surface area (Å²) in [5, 5.41) is 3.19. The highest BCUT2D eigenvalue weighted by atomic mass is 35.5. The van der Waals surface area contributed by atoms with Crippen LogP contribution in [0.3, 0.4) is 0 Å². The zero-order valence-corrected chi connectivity index (χ0v) is 22.7. The van der Waals surface area contributed by atoms with Gasteiger partial charge in [0.2, 0.25) is 20.0 Å². The number of nitrogens with zero attached hydrogens (tertiary/aromatic N) is 2. The maximum absolute atomic E-state index is 12.8. The first-order valence-corrected chi connectivity index (χ1v) is 15.4. The first kappa shape index (κ1) is 27.1. The summed E-state index contributed by atoms with van der Waals surface area (Å²) in [5.41, 5.74) is 1.98. The molecule has 3 aromatic rings. The van der Waals surface area contributed by atoms with Crippen LogP contribution in [0.15, 0.2) is 77.7 Å². The fraction of sp³-hybridized carbons (Fsp3) is 0.269. The second-order valence-corrected chi connectivity index (χ2v) is 13.2. The quantitative estimate of drug-likeness (QED) is 0.428. The van der Waals surface area contributed by atoms with Gasteiger partial charge < -0.3 is 5.32 Å². The van der Waals surface area contributed by atoms with Gasteiger partial charge in [-0.15, -0.1) is 0 Å². The average molecular weight is 562 g/mol. The fourth-order valence-corrected chi connectivity index (χ4v) is 6.71. The van der Waals surface area contributed by atoms with Crippen molar-refractivity contribution in [2.45, 2.75) is 30.7 Å². The molecule has 1 heterocycles. The van der Waals surface area contributed by atoms with Gasteiger partial charge in [-0.25, -0.2) is 16.8 Å². The summed E-state index contributed by atoms with van der Waals surface area (Å²) in [7, 11) is -7.11. The molecule has 1 saturated heterocycles. The molecule has 0 radical (unpaired) electrons. The molecule has 0 atom stereocenters. The summed E-state index contributed by atoms with van der Waals surface area (Å²) in [5.74, 6) is -0.368. The molecule has 0 spiro atoms. The monoisotopic (exact) mass is 561 g/mol. The lowest BCUT2D eigenvalue weighted by Gasteiger charge is -2.25. The molecule has 0 aliphatic carbocycles. The molecular formula is C26H28ClN3O5S2. The van der Waals surface area contributed by atoms with E-state index in [1.54, 1.807) is 60.7 Å². The molecule has 0 saturated carbocycles. The molecule has 1 N–H and O–H groups in total. The number of hydrogen-bond acceptors (Lipinski definition) is 5. The van der Waals surface area contributed by atoms with Crippen LogP contribution in [0.1, 0.15) is 35.2 Å². The third-order valence-electron chi connectivity index (χ3n) is 6.10. The van der Waals surface area contributed by atoms with Gasteiger partial charge in [0.1, 0.15) is 0 Å². The zero-order valence-electron chi connectivity index (χ0n) is 20.3. The van der Waals surface area contributed by atoms with E-state index in [1.165, 1.54) is 20.7 Å². The molecule has 0 aromatic heterocycles. The van der Waals surface area contributed by atoms with E-state index in [0.717, 1.165) is 25.5 Å². The Hall–Kier alpha value is -2.92. The first-order valence-electron chi connectivity index (χ1n) is 11.8. The third-order valence-corrected chi connectivity index (χ3v) is 9.39. The Morgan fingerprint density at radius 2 is 1.57 bits per heavy atom. The van der Waals surface area contributed by atoms with Crippen molar-refractivity contribution in [3.05, 3.63) is 88.9 Å². The zero-order chi connectivity index (χ0) is 26.6. The topological polar surface area (TPSA) is 104 Å². The number of amides is 1. The Kier molecular flexibility index (Phi) is 8.23. The van der Waals surface area contributed by atoms with Gasteiger partial charge in [0.05, 0.1) is 23.4 Å². The van der Waals surface area contributed by atoms with Crippen molar-refractivity contribution in [1.29, 1.82) is 0 Å². The Balaban J connectivity index is 1.43. The Morgan fingerprint density at radius 1 is 0.919 bits per heavy atom. The lowest BCUT2D eigenvalue weighted by molar-refractivity contribution is 0.102. The SMILES string of the molecule is CS(=O)(=O)N(Cc1ccc(C(=O)Nc2ccc(S(=O)(=O)N3CCCCC3)cc2)cc1)c1cccc(Cl)c1. The van der Waals surface area contributed by atoms with Crippen molar-refractivity contribution in [3.8, 4) is 0 Å². The third kappa shape index (κ3) is 6.70. The second kappa shape index (κ2) is 11.2. The summed E-state index contributed by atoms with van der Waals surface area (Å²) in [6.45, 7) is 1.13. The minimum atomic E-state index is -3.57. The molecular weight excluding hydrogens is 534 g/mol. The highest BCUT2D eigenvalue weighted by molar-refractivity contribution is 7.92. The largest absolute Gasteiger partial charge is 0.322 e. The lowest BCUT2D eigenvalue weighted by atomic mass is 10.1. The molecule has 1 aliphatic rings. The number of nitrogens with one attached hydrogen (secondary N) is 1. The van der Waals surface area contributed by atoms with Crippen molar-refractivity contribution >= 4 is 48.9 Å². The Morgan fingerprint density at radius 3 is 2.16 bits per heavy atom. The highest BCUT2D eigenvalue weighted by Gasteiger charge is 2.25. The lowest BCUT2D eigenvalue weighted by Crippen LogP contribution is -2.35. The molecule has 1 amide bonds. The van der Waals surface area contributed by atoms with Gasteiger partial charge in [-0.05, 0) is 73.0 Å². The number of rotatable bonds is 8. The summed E-state index contributed by atoms with van der Waals surface area (Å²) < 4.78 is 53.1. The molecule has 1 fully saturated rings. The summed E-state index contributed by atoms with van der Waals surface area (Å²) in [6.07, 6.45) is 3.88. The smallest absolute Gasteiger partial charge is 0.255 e. The molecule has 8 nitrogen and oxygen atoms in total. The normalized spacial score (nSPS) is 14.8. The van der Waals surface area contributed by atoms with Gasteiger partial charge in [-0.3, -0.25) is 9.10 Å². The van der Waals surface area contributed by atoms with Crippen molar-refractivity contribution in [1.82, 2.24) is 4.31 Å². The minimum Gasteiger partial charge on any atom is -0.322 e. The van der Waals surface area contributed by atoms with Crippen molar-refractivity contribution in [2.75, 3.05) is 29.0 Å². The van der Waals surface area contributed by atoms with Gasteiger partial charge in [-0.2, -0.15) is 4.31 Å². The Bertz CT molecular complexity index is 1470. The van der Waals surface area contributed by atoms with Crippen LogP contribution < -0.4 is 9.62 Å². The van der Waals surface area contributed by atoms with Crippen LogP contribution in [0.4, 0.5) is 11.4 Å². The first-order chi connectivity index (χ1) is 17.5. The van der Waals surface area contributed by atoms with Crippen LogP contribution in [0.25, 0.3) is 0 Å². The number of sulfonamides is 2. The minimum absolute atomic E-state index is 0.0774. The number of hydrogen-bond donors (Lipinski definition) is 1. The highest BCUT2D eigenvalue weighted by Crippen LogP contribution is 2.25. The number of anilines is 2. The molecule has 196 valence electrons. The van der Waals surface area contributed by atoms with E-state index in [0.29, 0.717) is 40.6 Å². The van der Waals surface area contributed by atoms with Crippen LogP contribution in [0.2, 0.25) is 5.02 Å². The molecule has 3 aromatic carbocycles. The molecule has 0 unspecified atom stereocenters. The summed E-state index contributed by atoms with van der Waals surface area (Å²) in [6, 6.07) is 19.3. The van der Waals surface area contributed by atoms with Crippen LogP contribution in [-0.4, -0.2) is 46.4 Å². The van der Waals surface area contributed by atoms with E-state index >= 15 is 0 Å². The van der Waals surface area contributed by atoms with Crippen LogP contribution >= 0.6 is 11.6 Å². The summed E-state index contributed by atoms with van der Waals surface area (Å²) >= 11 is 6.03. The molecule has 4 rings (SSSR count). The number of carbonyl (C=O) groups is 1. The molecule has 1 aliphatic heterocycles. The standard InChI is InChI=1S/C26H28ClN3O5S2/c1-36(32,33)30(24-7-5-6-22(27)18-24)19-20-8-10-21(11-9-20)26(31)28-23-12-14-25(15-13-23)37(34,35)29-16-3-2-4-17-29/h5-15,18H,2-4,16-17,19H2,1H3,(H,28,31). The van der Waals surface area contributed by atoms with Gasteiger partial charge in [-0.1, -0.05) is 36.2 Å². The Labute approximate surface area is 223 Å². The van der Waals surface area contributed by atoms with Crippen molar-refractivity contribution < 1.29 is 21.6 Å². The van der Waals surface area contributed by atoms with E-state index in [1.807, 2.05) is 0 Å². The van der Waals surface area contributed by atoms with Crippen LogP contribution in [0, 0.1) is 0 Å². The molecule has 0 bridgehead atoms. The number of carbonyl (C=O) groups excluding carboxylic acids is 1. The predicted octanol–water partition coefficient (Wildman–Crippen LogP) is 4.73. The maximum atomic E-state index is 12.8.